The Bertz CT molecular complexity index is 371. The first-order valence-electron chi connectivity index (χ1n) is 4.76. The molecule has 0 spiro atoms. The highest BCUT2D eigenvalue weighted by atomic mass is 16.3. The molecule has 1 heterocycles. The van der Waals surface area contributed by atoms with E-state index < -0.39 is 0 Å². The maximum Gasteiger partial charge on any atom is 0.254 e. The summed E-state index contributed by atoms with van der Waals surface area (Å²) in [5.41, 5.74) is -0.307. The van der Waals surface area contributed by atoms with Gasteiger partial charge in [0.2, 0.25) is 5.88 Å². The Morgan fingerprint density at radius 2 is 2.43 bits per heavy atom. The molecule has 0 atom stereocenters. The van der Waals surface area contributed by atoms with Gasteiger partial charge < -0.3 is 15.4 Å². The maximum absolute atomic E-state index is 10.9. The van der Waals surface area contributed by atoms with E-state index in [0.717, 1.165) is 12.6 Å². The van der Waals surface area contributed by atoms with Crippen molar-refractivity contribution in [3.63, 3.8) is 0 Å². The number of H-pyrrole nitrogens is 1. The Morgan fingerprint density at radius 3 is 3.07 bits per heavy atom. The molecule has 1 saturated carbocycles. The van der Waals surface area contributed by atoms with Crippen molar-refractivity contribution in [3.8, 4) is 5.88 Å². The number of nitrogens with one attached hydrogen (secondary N) is 2. The van der Waals surface area contributed by atoms with Crippen LogP contribution in [-0.2, 0) is 6.42 Å². The summed E-state index contributed by atoms with van der Waals surface area (Å²) in [7, 11) is 0. The van der Waals surface area contributed by atoms with Gasteiger partial charge >= 0.3 is 0 Å². The van der Waals surface area contributed by atoms with Gasteiger partial charge in [-0.15, -0.1) is 0 Å². The lowest BCUT2D eigenvalue weighted by molar-refractivity contribution is 0.447. The van der Waals surface area contributed by atoms with Crippen LogP contribution in [0.2, 0.25) is 0 Å². The Labute approximate surface area is 81.2 Å². The molecule has 0 aromatic carbocycles. The Kier molecular flexibility index (Phi) is 2.49. The van der Waals surface area contributed by atoms with Crippen LogP contribution >= 0.6 is 0 Å². The second-order valence-corrected chi connectivity index (χ2v) is 3.53. The molecule has 2 rings (SSSR count). The molecule has 1 aromatic rings. The van der Waals surface area contributed by atoms with Crippen molar-refractivity contribution in [1.29, 1.82) is 0 Å². The molecule has 0 aliphatic heterocycles. The van der Waals surface area contributed by atoms with Crippen molar-refractivity contribution in [3.05, 3.63) is 22.2 Å². The van der Waals surface area contributed by atoms with E-state index in [1.165, 1.54) is 12.8 Å². The Balaban J connectivity index is 1.90. The zero-order chi connectivity index (χ0) is 9.97. The molecule has 5 nitrogen and oxygen atoms in total. The summed E-state index contributed by atoms with van der Waals surface area (Å²) in [5.74, 6) is 0.318. The highest BCUT2D eigenvalue weighted by molar-refractivity contribution is 5.06. The van der Waals surface area contributed by atoms with E-state index in [4.69, 9.17) is 5.11 Å². The number of hydrogen-bond acceptors (Lipinski definition) is 4. The number of rotatable bonds is 4. The van der Waals surface area contributed by atoms with E-state index >= 15 is 0 Å². The highest BCUT2D eigenvalue weighted by Gasteiger charge is 2.19. The summed E-state index contributed by atoms with van der Waals surface area (Å²) < 4.78 is 0. The largest absolute Gasteiger partial charge is 0.493 e. The van der Waals surface area contributed by atoms with Crippen molar-refractivity contribution in [2.45, 2.75) is 25.3 Å². The van der Waals surface area contributed by atoms with Crippen LogP contribution in [0.4, 0.5) is 0 Å². The van der Waals surface area contributed by atoms with Gasteiger partial charge in [0, 0.05) is 19.0 Å². The zero-order valence-corrected chi connectivity index (χ0v) is 7.79. The van der Waals surface area contributed by atoms with Crippen LogP contribution in [0.3, 0.4) is 0 Å². The van der Waals surface area contributed by atoms with Gasteiger partial charge in [-0.3, -0.25) is 4.79 Å². The quantitative estimate of drug-likeness (QED) is 0.620. The highest BCUT2D eigenvalue weighted by Crippen LogP contribution is 2.18. The second kappa shape index (κ2) is 3.79. The third kappa shape index (κ3) is 2.56. The predicted octanol–water partition coefficient (Wildman–Crippen LogP) is -0.230. The van der Waals surface area contributed by atoms with Gasteiger partial charge in [0.05, 0.1) is 6.07 Å². The monoisotopic (exact) mass is 195 g/mol. The van der Waals surface area contributed by atoms with Gasteiger partial charge in [-0.05, 0) is 12.8 Å². The first-order valence-corrected chi connectivity index (χ1v) is 4.76. The number of hydrogen-bond donors (Lipinski definition) is 3. The van der Waals surface area contributed by atoms with E-state index in [2.05, 4.69) is 15.3 Å². The van der Waals surface area contributed by atoms with Gasteiger partial charge in [-0.25, -0.2) is 4.98 Å². The summed E-state index contributed by atoms with van der Waals surface area (Å²) in [6, 6.07) is 1.72. The number of aromatic amines is 1. The summed E-state index contributed by atoms with van der Waals surface area (Å²) in [6.07, 6.45) is 3.12. The van der Waals surface area contributed by atoms with E-state index in [-0.39, 0.29) is 11.4 Å². The third-order valence-electron chi connectivity index (χ3n) is 2.15. The lowest BCUT2D eigenvalue weighted by Crippen LogP contribution is -2.21. The number of nitrogens with zero attached hydrogens (tertiary/aromatic N) is 1. The average Bonchev–Trinajstić information content (AvgIpc) is 2.86. The molecule has 1 fully saturated rings. The van der Waals surface area contributed by atoms with Gasteiger partial charge in [0.15, 0.2) is 0 Å². The smallest absolute Gasteiger partial charge is 0.254 e. The molecule has 1 aromatic heterocycles. The van der Waals surface area contributed by atoms with Crippen molar-refractivity contribution < 1.29 is 5.11 Å². The molecule has 3 N–H and O–H groups in total. The molecule has 0 amide bonds. The minimum absolute atomic E-state index is 0.213. The van der Waals surface area contributed by atoms with Crippen molar-refractivity contribution in [2.24, 2.45) is 0 Å². The Morgan fingerprint density at radius 1 is 1.64 bits per heavy atom. The van der Waals surface area contributed by atoms with Crippen molar-refractivity contribution in [2.75, 3.05) is 6.54 Å². The van der Waals surface area contributed by atoms with E-state index in [0.29, 0.717) is 18.3 Å². The molecule has 76 valence electrons. The first-order chi connectivity index (χ1) is 6.74. The lowest BCUT2D eigenvalue weighted by atomic mass is 10.4. The topological polar surface area (TPSA) is 78.0 Å². The van der Waals surface area contributed by atoms with Crippen molar-refractivity contribution in [1.82, 2.24) is 15.3 Å². The number of aromatic hydroxyl groups is 1. The summed E-state index contributed by atoms with van der Waals surface area (Å²) in [5, 5.41) is 12.4. The van der Waals surface area contributed by atoms with E-state index in [1.54, 1.807) is 0 Å². The molecule has 1 aliphatic carbocycles. The zero-order valence-electron chi connectivity index (χ0n) is 7.79. The summed E-state index contributed by atoms with van der Waals surface area (Å²) >= 11 is 0. The van der Waals surface area contributed by atoms with E-state index in [9.17, 15) is 4.79 Å². The van der Waals surface area contributed by atoms with Gasteiger partial charge in [0.1, 0.15) is 5.82 Å². The average molecular weight is 195 g/mol. The molecule has 0 radical (unpaired) electrons. The fraction of sp³-hybridized carbons (Fsp3) is 0.556. The minimum atomic E-state index is -0.307. The molecular formula is C9H13N3O2. The van der Waals surface area contributed by atoms with Crippen LogP contribution in [0.5, 0.6) is 5.88 Å². The fourth-order valence-electron chi connectivity index (χ4n) is 1.29. The third-order valence-corrected chi connectivity index (χ3v) is 2.15. The van der Waals surface area contributed by atoms with Crippen LogP contribution in [0.25, 0.3) is 0 Å². The lowest BCUT2D eigenvalue weighted by Gasteiger charge is -2.02. The molecule has 0 saturated heterocycles. The maximum atomic E-state index is 10.9. The predicted molar refractivity (Wildman–Crippen MR) is 51.3 cm³/mol. The van der Waals surface area contributed by atoms with E-state index in [1.807, 2.05) is 0 Å². The summed E-state index contributed by atoms with van der Waals surface area (Å²) in [6.45, 7) is 0.789. The second-order valence-electron chi connectivity index (χ2n) is 3.53. The summed E-state index contributed by atoms with van der Waals surface area (Å²) in [4.78, 5) is 17.3. The van der Waals surface area contributed by atoms with Crippen LogP contribution in [0.15, 0.2) is 10.9 Å². The standard InChI is InChI=1S/C9H13N3O2/c13-8-5-9(14)12-7(11-8)3-4-10-6-1-2-6/h5-6,10H,1-4H2,(H2,11,12,13,14). The molecule has 5 heteroatoms. The van der Waals surface area contributed by atoms with Crippen LogP contribution in [0, 0.1) is 0 Å². The van der Waals surface area contributed by atoms with Gasteiger partial charge in [0.25, 0.3) is 5.56 Å². The minimum Gasteiger partial charge on any atom is -0.493 e. The molecule has 0 unspecified atom stereocenters. The van der Waals surface area contributed by atoms with Crippen LogP contribution in [-0.4, -0.2) is 27.7 Å². The fourth-order valence-corrected chi connectivity index (χ4v) is 1.29. The molecular weight excluding hydrogens is 182 g/mol. The Hall–Kier alpha value is -1.36. The number of aromatic nitrogens is 2. The first kappa shape index (κ1) is 9.21. The normalized spacial score (nSPS) is 15.7. The molecule has 0 bridgehead atoms. The molecule has 1 aliphatic rings. The van der Waals surface area contributed by atoms with Crippen LogP contribution in [0.1, 0.15) is 18.7 Å². The van der Waals surface area contributed by atoms with Crippen molar-refractivity contribution >= 4 is 0 Å². The van der Waals surface area contributed by atoms with Gasteiger partial charge in [-0.2, -0.15) is 0 Å². The molecule has 14 heavy (non-hydrogen) atoms. The van der Waals surface area contributed by atoms with Crippen LogP contribution < -0.4 is 10.9 Å². The SMILES string of the molecule is O=c1cc(O)nc(CCNC2CC2)[nH]1. The van der Waals surface area contributed by atoms with Gasteiger partial charge in [-0.1, -0.05) is 0 Å².